The van der Waals surface area contributed by atoms with Crippen molar-refractivity contribution in [1.29, 1.82) is 0 Å². The van der Waals surface area contributed by atoms with Crippen molar-refractivity contribution < 1.29 is 5.02 Å². The topological polar surface area (TPSA) is 0 Å². The molecule has 0 rings (SSSR count). The van der Waals surface area contributed by atoms with E-state index in [0.717, 1.165) is 0 Å². The Kier molecular flexibility index (Phi) is 20.3. The third kappa shape index (κ3) is 9.33. The molecule has 0 heterocycles. The molecule has 0 aromatic carbocycles. The van der Waals surface area contributed by atoms with Crippen LogP contribution in [-0.2, 0) is 0 Å². The molecule has 0 saturated heterocycles. The predicted octanol–water partition coefficient (Wildman–Crippen LogP) is -0.457. The van der Waals surface area contributed by atoms with Crippen LogP contribution in [0, 0.1) is 0 Å². The van der Waals surface area contributed by atoms with Crippen molar-refractivity contribution in [3.8, 4) is 0 Å². The van der Waals surface area contributed by atoms with Crippen molar-refractivity contribution in [3.63, 3.8) is 0 Å². The number of rotatable bonds is 0. The first kappa shape index (κ1) is 9.20. The Morgan fingerprint density at radius 1 is 1.25 bits per heavy atom. The fourth-order valence-electron chi connectivity index (χ4n) is 0. The summed E-state index contributed by atoms with van der Waals surface area (Å²) in [7, 11) is 0. The van der Waals surface area contributed by atoms with Crippen LogP contribution in [0.3, 0.4) is 0 Å². The summed E-state index contributed by atoms with van der Waals surface area (Å²) in [6.07, 6.45) is 0. The maximum atomic E-state index is 9.82. The summed E-state index contributed by atoms with van der Waals surface area (Å²) in [4.78, 5) is 0. The van der Waals surface area contributed by atoms with Gasteiger partial charge in [0.25, 0.3) is 0 Å². The molecule has 0 atom stereocenters. The van der Waals surface area contributed by atoms with Crippen LogP contribution < -0.4 is 0 Å². The molecule has 4 heteroatoms. The second-order valence-corrected chi connectivity index (χ2v) is 0.627. The Labute approximate surface area is 57.2 Å². The first-order valence-corrected chi connectivity index (χ1v) is 3.32. The van der Waals surface area contributed by atoms with E-state index in [4.69, 9.17) is 0 Å². The molecular formula is H2F2Pb2. The van der Waals surface area contributed by atoms with Gasteiger partial charge in [-0.2, -0.15) is 0 Å². The molecule has 24 valence electrons. The average molecular weight is 454 g/mol. The van der Waals surface area contributed by atoms with Gasteiger partial charge < -0.3 is 0 Å². The Morgan fingerprint density at radius 2 is 1.25 bits per heavy atom. The van der Waals surface area contributed by atoms with Gasteiger partial charge in [0, 0.05) is 0 Å². The first-order chi connectivity index (χ1) is 1.41. The molecule has 0 N–H and O–H groups in total. The second kappa shape index (κ2) is 8.83. The Hall–Kier alpha value is 1.70. The van der Waals surface area contributed by atoms with Crippen LogP contribution in [0.25, 0.3) is 0 Å². The molecule has 0 saturated carbocycles. The van der Waals surface area contributed by atoms with Crippen LogP contribution in [0.5, 0.6) is 0 Å². The molecule has 0 bridgehead atoms. The molecule has 0 nitrogen and oxygen atoms in total. The second-order valence-electron chi connectivity index (χ2n) is 0.0714. The number of hydrogen-bond donors (Lipinski definition) is 0. The molecular weight excluding hydrogens is 452 g/mol. The summed E-state index contributed by atoms with van der Waals surface area (Å²) in [6, 6.07) is 0. The van der Waals surface area contributed by atoms with E-state index in [1.165, 1.54) is 0 Å². The van der Waals surface area contributed by atoms with E-state index in [-0.39, 0.29) is 27.3 Å². The van der Waals surface area contributed by atoms with Crippen molar-refractivity contribution in [2.24, 2.45) is 0 Å². The van der Waals surface area contributed by atoms with E-state index in [1.54, 1.807) is 0 Å². The van der Waals surface area contributed by atoms with E-state index in [0.29, 0.717) is 0 Å². The molecule has 0 aliphatic rings. The Morgan fingerprint density at radius 3 is 1.25 bits per heavy atom. The minimum atomic E-state index is -2.92. The fraction of sp³-hybridized carbons (Fsp3) is 0. The van der Waals surface area contributed by atoms with Crippen molar-refractivity contribution in [3.05, 3.63) is 0 Å². The van der Waals surface area contributed by atoms with Crippen molar-refractivity contribution in [1.82, 2.24) is 0 Å². The fourth-order valence-corrected chi connectivity index (χ4v) is 0. The standard InChI is InChI=1S/2FH.2Pb.2H/h2*1H;;;;/q;;;+2;;/p-2. The van der Waals surface area contributed by atoms with E-state index < -0.39 is 25.5 Å². The third-order valence-electron chi connectivity index (χ3n) is 0. The zero-order chi connectivity index (χ0) is 2.71. The van der Waals surface area contributed by atoms with Crippen LogP contribution in [0.2, 0.25) is 0 Å². The summed E-state index contributed by atoms with van der Waals surface area (Å²) in [5.74, 6) is 0. The third-order valence-corrected chi connectivity index (χ3v) is 0. The van der Waals surface area contributed by atoms with Gasteiger partial charge in [-0.05, 0) is 0 Å². The summed E-state index contributed by atoms with van der Waals surface area (Å²) >= 11 is -2.92. The molecule has 4 heavy (non-hydrogen) atoms. The minimum absolute atomic E-state index is 0. The predicted molar refractivity (Wildman–Crippen MR) is 16.5 cm³/mol. The zero-order valence-electron chi connectivity index (χ0n) is 1.96. The molecule has 0 aliphatic carbocycles. The quantitative estimate of drug-likeness (QED) is 0.435. The van der Waals surface area contributed by atoms with Crippen LogP contribution in [0.15, 0.2) is 0 Å². The Bertz CT molecular complexity index is 4.00. The van der Waals surface area contributed by atoms with Gasteiger partial charge >= 0.3 is 57.8 Å². The van der Waals surface area contributed by atoms with Crippen LogP contribution >= 0.6 is 0 Å². The Balaban J connectivity index is 0. The van der Waals surface area contributed by atoms with E-state index in [2.05, 4.69) is 0 Å². The van der Waals surface area contributed by atoms with Crippen LogP contribution in [-0.4, -0.2) is 52.8 Å². The van der Waals surface area contributed by atoms with Gasteiger partial charge in [-0.3, -0.25) is 0 Å². The normalized spacial score (nSPS) is 4.50. The van der Waals surface area contributed by atoms with E-state index in [1.807, 2.05) is 0 Å². The van der Waals surface area contributed by atoms with Crippen LogP contribution in [0.1, 0.15) is 0 Å². The number of halogens is 2. The molecule has 0 fully saturated rings. The first-order valence-electron chi connectivity index (χ1n) is 0.378. The summed E-state index contributed by atoms with van der Waals surface area (Å²) in [5.41, 5.74) is 0. The van der Waals surface area contributed by atoms with Gasteiger partial charge in [-0.15, -0.1) is 0 Å². The number of hydrogen-bond acceptors (Lipinski definition) is 0. The van der Waals surface area contributed by atoms with Crippen molar-refractivity contribution in [2.75, 3.05) is 0 Å². The van der Waals surface area contributed by atoms with Gasteiger partial charge in [0.2, 0.25) is 0 Å². The van der Waals surface area contributed by atoms with Gasteiger partial charge in [0.05, 0.1) is 0 Å². The molecule has 0 spiro atoms. The zero-order valence-corrected chi connectivity index (χ0v) is 11.3. The van der Waals surface area contributed by atoms with Gasteiger partial charge in [0.1, 0.15) is 0 Å². The van der Waals surface area contributed by atoms with Gasteiger partial charge in [0.15, 0.2) is 0 Å². The summed E-state index contributed by atoms with van der Waals surface area (Å²) < 4.78 is 19.6. The SMILES string of the molecule is [F][Pb][F].[PbH2]. The molecule has 0 aromatic rings. The molecule has 0 unspecified atom stereocenters. The van der Waals surface area contributed by atoms with Gasteiger partial charge in [-0.25, -0.2) is 0 Å². The average Bonchev–Trinajstić information content (AvgIpc) is 0.918. The monoisotopic (exact) mass is 456 g/mol. The summed E-state index contributed by atoms with van der Waals surface area (Å²) in [6.45, 7) is 0. The van der Waals surface area contributed by atoms with E-state index >= 15 is 0 Å². The van der Waals surface area contributed by atoms with Crippen molar-refractivity contribution in [2.45, 2.75) is 0 Å². The molecule has 4 radical (unpaired) electrons. The van der Waals surface area contributed by atoms with Gasteiger partial charge in [-0.1, -0.05) is 0 Å². The van der Waals surface area contributed by atoms with E-state index in [9.17, 15) is 5.02 Å². The molecule has 0 aliphatic heterocycles. The maximum absolute atomic E-state index is 9.82. The molecule has 0 aromatic heterocycles. The molecule has 0 amide bonds. The summed E-state index contributed by atoms with van der Waals surface area (Å²) in [5, 5.41) is 0. The van der Waals surface area contributed by atoms with Crippen molar-refractivity contribution >= 4 is 52.8 Å². The van der Waals surface area contributed by atoms with Crippen LogP contribution in [0.4, 0.5) is 5.02 Å².